The highest BCUT2D eigenvalue weighted by atomic mass is 16.3. The lowest BCUT2D eigenvalue weighted by molar-refractivity contribution is -0.117. The van der Waals surface area contributed by atoms with Crippen LogP contribution < -0.4 is 10.5 Å². The van der Waals surface area contributed by atoms with Crippen LogP contribution in [0.25, 0.3) is 0 Å². The van der Waals surface area contributed by atoms with E-state index in [1.165, 1.54) is 17.3 Å². The normalized spacial score (nSPS) is 21.0. The Kier molecular flexibility index (Phi) is 2.51. The smallest absolute Gasteiger partial charge is 0.252 e. The van der Waals surface area contributed by atoms with Gasteiger partial charge < -0.3 is 10.1 Å². The van der Waals surface area contributed by atoms with Crippen molar-refractivity contribution in [3.8, 4) is 0 Å². The van der Waals surface area contributed by atoms with E-state index in [0.29, 0.717) is 18.8 Å². The van der Waals surface area contributed by atoms with Gasteiger partial charge in [0.25, 0.3) is 5.56 Å². The summed E-state index contributed by atoms with van der Waals surface area (Å²) in [6.45, 7) is 0.400. The summed E-state index contributed by atoms with van der Waals surface area (Å²) < 4.78 is 0. The summed E-state index contributed by atoms with van der Waals surface area (Å²) in [6.07, 6.45) is 1.57. The Hall–Kier alpha value is -1.69. The molecule has 1 saturated heterocycles. The standard InChI is InChI=1S/C9H11N3O3/c13-4-6-1-9(15)12(3-6)7-2-8(14)11-5-10-7/h2,5-6,13H,1,3-4H2,(H,10,11,14). The SMILES string of the molecule is O=C1CC(CO)CN1c1cc(=O)[nH]cn1. The van der Waals surface area contributed by atoms with Crippen LogP contribution in [0.2, 0.25) is 0 Å². The van der Waals surface area contributed by atoms with Gasteiger partial charge in [0.05, 0.1) is 6.33 Å². The Morgan fingerprint density at radius 1 is 1.60 bits per heavy atom. The fourth-order valence-corrected chi connectivity index (χ4v) is 1.63. The van der Waals surface area contributed by atoms with Crippen molar-refractivity contribution in [3.05, 3.63) is 22.7 Å². The number of rotatable bonds is 2. The lowest BCUT2D eigenvalue weighted by atomic mass is 10.1. The van der Waals surface area contributed by atoms with Gasteiger partial charge in [0.2, 0.25) is 5.91 Å². The number of anilines is 1. The van der Waals surface area contributed by atoms with Gasteiger partial charge in [-0.25, -0.2) is 4.98 Å². The second-order valence-electron chi connectivity index (χ2n) is 3.53. The largest absolute Gasteiger partial charge is 0.396 e. The van der Waals surface area contributed by atoms with Crippen LogP contribution in [-0.2, 0) is 4.79 Å². The lowest BCUT2D eigenvalue weighted by Crippen LogP contribution is -2.27. The molecule has 1 aliphatic heterocycles. The van der Waals surface area contributed by atoms with Crippen molar-refractivity contribution in [1.29, 1.82) is 0 Å². The molecular formula is C9H11N3O3. The molecule has 1 aliphatic rings. The molecule has 0 bridgehead atoms. The van der Waals surface area contributed by atoms with Gasteiger partial charge in [-0.3, -0.25) is 14.5 Å². The molecule has 1 amide bonds. The summed E-state index contributed by atoms with van der Waals surface area (Å²) in [7, 11) is 0. The van der Waals surface area contributed by atoms with Crippen LogP contribution in [0.15, 0.2) is 17.2 Å². The predicted octanol–water partition coefficient (Wildman–Crippen LogP) is -0.885. The first-order chi connectivity index (χ1) is 7.20. The van der Waals surface area contributed by atoms with Crippen molar-refractivity contribution in [2.24, 2.45) is 5.92 Å². The average molecular weight is 209 g/mol. The molecule has 0 spiro atoms. The number of aliphatic hydroxyl groups excluding tert-OH is 1. The van der Waals surface area contributed by atoms with Crippen LogP contribution in [0, 0.1) is 5.92 Å². The van der Waals surface area contributed by atoms with E-state index in [4.69, 9.17) is 5.11 Å². The van der Waals surface area contributed by atoms with E-state index >= 15 is 0 Å². The van der Waals surface area contributed by atoms with Gasteiger partial charge >= 0.3 is 0 Å². The summed E-state index contributed by atoms with van der Waals surface area (Å²) >= 11 is 0. The molecule has 80 valence electrons. The second-order valence-corrected chi connectivity index (χ2v) is 3.53. The molecule has 2 N–H and O–H groups in total. The van der Waals surface area contributed by atoms with Gasteiger partial charge in [-0.1, -0.05) is 0 Å². The molecule has 0 radical (unpaired) electrons. The van der Waals surface area contributed by atoms with Crippen molar-refractivity contribution in [1.82, 2.24) is 9.97 Å². The highest BCUT2D eigenvalue weighted by Crippen LogP contribution is 2.21. The summed E-state index contributed by atoms with van der Waals surface area (Å²) in [5.41, 5.74) is -0.291. The molecule has 0 aromatic carbocycles. The summed E-state index contributed by atoms with van der Waals surface area (Å²) in [5, 5.41) is 8.94. The van der Waals surface area contributed by atoms with E-state index in [0.717, 1.165) is 0 Å². The van der Waals surface area contributed by atoms with Gasteiger partial charge in [0.1, 0.15) is 5.82 Å². The van der Waals surface area contributed by atoms with E-state index in [1.54, 1.807) is 0 Å². The summed E-state index contributed by atoms with van der Waals surface area (Å²) in [5.74, 6) is 0.186. The quantitative estimate of drug-likeness (QED) is 0.662. The van der Waals surface area contributed by atoms with E-state index in [9.17, 15) is 9.59 Å². The maximum Gasteiger partial charge on any atom is 0.252 e. The van der Waals surface area contributed by atoms with Crippen molar-refractivity contribution >= 4 is 11.7 Å². The van der Waals surface area contributed by atoms with Crippen LogP contribution >= 0.6 is 0 Å². The lowest BCUT2D eigenvalue weighted by Gasteiger charge is -2.13. The number of hydrogen-bond donors (Lipinski definition) is 2. The van der Waals surface area contributed by atoms with Crippen LogP contribution in [0.4, 0.5) is 5.82 Å². The summed E-state index contributed by atoms with van der Waals surface area (Å²) in [6, 6.07) is 1.28. The van der Waals surface area contributed by atoms with Crippen LogP contribution in [0.3, 0.4) is 0 Å². The topological polar surface area (TPSA) is 86.3 Å². The van der Waals surface area contributed by atoms with Crippen molar-refractivity contribution in [2.75, 3.05) is 18.1 Å². The van der Waals surface area contributed by atoms with E-state index in [1.807, 2.05) is 0 Å². The van der Waals surface area contributed by atoms with E-state index in [2.05, 4.69) is 9.97 Å². The third kappa shape index (κ3) is 1.89. The molecule has 0 aliphatic carbocycles. The molecule has 6 heteroatoms. The first kappa shape index (κ1) is 9.85. The van der Waals surface area contributed by atoms with Gasteiger partial charge in [-0.2, -0.15) is 0 Å². The number of aromatic nitrogens is 2. The Morgan fingerprint density at radius 2 is 2.40 bits per heavy atom. The molecule has 15 heavy (non-hydrogen) atoms. The number of nitrogens with zero attached hydrogens (tertiary/aromatic N) is 2. The number of H-pyrrole nitrogens is 1. The number of nitrogens with one attached hydrogen (secondary N) is 1. The zero-order valence-electron chi connectivity index (χ0n) is 8.01. The molecule has 2 heterocycles. The zero-order chi connectivity index (χ0) is 10.8. The number of hydrogen-bond acceptors (Lipinski definition) is 4. The maximum absolute atomic E-state index is 11.5. The molecule has 6 nitrogen and oxygen atoms in total. The third-order valence-corrected chi connectivity index (χ3v) is 2.40. The van der Waals surface area contributed by atoms with Gasteiger partial charge in [-0.15, -0.1) is 0 Å². The van der Waals surface area contributed by atoms with Crippen LogP contribution in [0.1, 0.15) is 6.42 Å². The second kappa shape index (κ2) is 3.82. The highest BCUT2D eigenvalue weighted by Gasteiger charge is 2.30. The van der Waals surface area contributed by atoms with Crippen LogP contribution in [-0.4, -0.2) is 34.1 Å². The third-order valence-electron chi connectivity index (χ3n) is 2.40. The van der Waals surface area contributed by atoms with Crippen molar-refractivity contribution in [2.45, 2.75) is 6.42 Å². The minimum absolute atomic E-state index is 0.0224. The van der Waals surface area contributed by atoms with Crippen molar-refractivity contribution < 1.29 is 9.90 Å². The van der Waals surface area contributed by atoms with Crippen LogP contribution in [0.5, 0.6) is 0 Å². The summed E-state index contributed by atoms with van der Waals surface area (Å²) in [4.78, 5) is 30.3. The molecule has 1 atom stereocenters. The minimum atomic E-state index is -0.291. The Balaban J connectivity index is 2.25. The molecule has 2 rings (SSSR count). The number of carbonyl (C=O) groups is 1. The molecule has 1 fully saturated rings. The monoisotopic (exact) mass is 209 g/mol. The first-order valence-electron chi connectivity index (χ1n) is 4.66. The molecule has 1 aromatic rings. The molecular weight excluding hydrogens is 198 g/mol. The number of amides is 1. The molecule has 1 unspecified atom stereocenters. The zero-order valence-corrected chi connectivity index (χ0v) is 8.01. The van der Waals surface area contributed by atoms with Crippen molar-refractivity contribution in [3.63, 3.8) is 0 Å². The Bertz CT molecular complexity index is 429. The molecule has 0 saturated carbocycles. The minimum Gasteiger partial charge on any atom is -0.396 e. The highest BCUT2D eigenvalue weighted by molar-refractivity contribution is 5.94. The Morgan fingerprint density at radius 3 is 3.00 bits per heavy atom. The van der Waals surface area contributed by atoms with E-state index in [-0.39, 0.29) is 24.0 Å². The van der Waals surface area contributed by atoms with Gasteiger partial charge in [0.15, 0.2) is 0 Å². The first-order valence-corrected chi connectivity index (χ1v) is 4.66. The maximum atomic E-state index is 11.5. The Labute approximate surface area is 85.6 Å². The average Bonchev–Trinajstić information content (AvgIpc) is 2.60. The number of aliphatic hydroxyl groups is 1. The fraction of sp³-hybridized carbons (Fsp3) is 0.444. The number of carbonyl (C=O) groups excluding carboxylic acids is 1. The predicted molar refractivity (Wildman–Crippen MR) is 52.4 cm³/mol. The number of aromatic amines is 1. The van der Waals surface area contributed by atoms with E-state index < -0.39 is 0 Å². The van der Waals surface area contributed by atoms with Gasteiger partial charge in [0, 0.05) is 31.6 Å². The molecule has 1 aromatic heterocycles. The fourth-order valence-electron chi connectivity index (χ4n) is 1.63. The van der Waals surface area contributed by atoms with Gasteiger partial charge in [-0.05, 0) is 0 Å².